The number of hydrogen-bond donors (Lipinski definition) is 1. The van der Waals surface area contributed by atoms with Crippen molar-refractivity contribution in [2.75, 3.05) is 19.6 Å². The van der Waals surface area contributed by atoms with Gasteiger partial charge in [0.2, 0.25) is 11.8 Å². The van der Waals surface area contributed by atoms with E-state index in [2.05, 4.69) is 35.4 Å². The molecule has 1 saturated heterocycles. The van der Waals surface area contributed by atoms with E-state index < -0.39 is 0 Å². The van der Waals surface area contributed by atoms with Crippen molar-refractivity contribution < 1.29 is 14.1 Å². The van der Waals surface area contributed by atoms with Gasteiger partial charge in [0.1, 0.15) is 0 Å². The fraction of sp³-hybridized carbons (Fsp3) is 0.421. The van der Waals surface area contributed by atoms with Crippen LogP contribution < -0.4 is 4.90 Å². The number of likely N-dealkylation sites (tertiary alicyclic amines) is 1. The molecule has 1 aromatic carbocycles. The molecule has 1 fully saturated rings. The molecule has 2 aromatic rings. The second kappa shape index (κ2) is 7.55. The number of amides is 1. The van der Waals surface area contributed by atoms with Crippen molar-refractivity contribution in [1.82, 2.24) is 14.7 Å². The van der Waals surface area contributed by atoms with Gasteiger partial charge in [0.05, 0.1) is 19.6 Å². The van der Waals surface area contributed by atoms with Crippen LogP contribution in [0.15, 0.2) is 40.8 Å². The zero-order valence-corrected chi connectivity index (χ0v) is 15.5. The molecule has 136 valence electrons. The fourth-order valence-corrected chi connectivity index (χ4v) is 3.80. The molecule has 4 rings (SSSR count). The van der Waals surface area contributed by atoms with Gasteiger partial charge in [0.25, 0.3) is 4.84 Å². The number of benzene rings is 1. The topological polar surface area (TPSA) is 55.7 Å². The largest absolute Gasteiger partial charge is 0.412 e. The molecule has 3 heterocycles. The van der Waals surface area contributed by atoms with Gasteiger partial charge in [-0.25, -0.2) is 0 Å². The Morgan fingerprint density at radius 2 is 2.08 bits per heavy atom. The lowest BCUT2D eigenvalue weighted by atomic mass is 10.00. The summed E-state index contributed by atoms with van der Waals surface area (Å²) in [4.78, 5) is 15.3. The first-order valence-corrected chi connectivity index (χ1v) is 9.52. The Hall–Kier alpha value is -2.25. The van der Waals surface area contributed by atoms with Crippen LogP contribution >= 0.6 is 12.2 Å². The molecule has 0 radical (unpaired) electrons. The summed E-state index contributed by atoms with van der Waals surface area (Å²) in [7, 11) is 0. The first-order valence-electron chi connectivity index (χ1n) is 9.11. The van der Waals surface area contributed by atoms with Crippen LogP contribution in [0.25, 0.3) is 5.57 Å². The van der Waals surface area contributed by atoms with Gasteiger partial charge in [-0.1, -0.05) is 30.3 Å². The second-order valence-electron chi connectivity index (χ2n) is 6.89. The first kappa shape index (κ1) is 17.2. The number of nitrogens with zero attached hydrogens (tertiary/aromatic N) is 3. The molecule has 1 atom stereocenters. The number of aromatic nitrogens is 2. The summed E-state index contributed by atoms with van der Waals surface area (Å²) < 4.78 is 7.35. The van der Waals surface area contributed by atoms with Crippen molar-refractivity contribution in [2.24, 2.45) is 0 Å². The smallest absolute Gasteiger partial charge is 0.291 e. The lowest BCUT2D eigenvalue weighted by Crippen LogP contribution is -3.11. The molecule has 1 N–H and O–H groups in total. The minimum absolute atomic E-state index is 0.168. The fourth-order valence-electron chi connectivity index (χ4n) is 3.60. The minimum Gasteiger partial charge on any atom is -0.412 e. The molecule has 0 bridgehead atoms. The third kappa shape index (κ3) is 3.78. The molecule has 0 aliphatic carbocycles. The maximum Gasteiger partial charge on any atom is 0.291 e. The molecule has 1 unspecified atom stereocenters. The monoisotopic (exact) mass is 371 g/mol. The molecule has 26 heavy (non-hydrogen) atoms. The maximum absolute atomic E-state index is 11.7. The predicted octanol–water partition coefficient (Wildman–Crippen LogP) is 1.66. The Kier molecular flexibility index (Phi) is 4.99. The van der Waals surface area contributed by atoms with E-state index in [1.165, 1.54) is 16.0 Å². The third-order valence-electron chi connectivity index (χ3n) is 5.05. The van der Waals surface area contributed by atoms with Gasteiger partial charge in [-0.3, -0.25) is 4.79 Å². The molecular formula is C19H23N4O2S+. The van der Waals surface area contributed by atoms with Crippen molar-refractivity contribution in [3.63, 3.8) is 0 Å². The summed E-state index contributed by atoms with van der Waals surface area (Å²) in [5.41, 5.74) is 2.72. The highest BCUT2D eigenvalue weighted by molar-refractivity contribution is 7.71. The van der Waals surface area contributed by atoms with Crippen molar-refractivity contribution in [1.29, 1.82) is 0 Å². The van der Waals surface area contributed by atoms with Crippen molar-refractivity contribution in [3.8, 4) is 0 Å². The molecule has 2 aliphatic heterocycles. The highest BCUT2D eigenvalue weighted by Crippen LogP contribution is 2.18. The number of carbonyl (C=O) groups excluding carboxylic acids is 1. The molecule has 0 spiro atoms. The van der Waals surface area contributed by atoms with Crippen LogP contribution in [0.1, 0.15) is 30.7 Å². The molecule has 6 nitrogen and oxygen atoms in total. The van der Waals surface area contributed by atoms with Crippen LogP contribution in [-0.4, -0.2) is 40.2 Å². The highest BCUT2D eigenvalue weighted by Gasteiger charge is 2.23. The summed E-state index contributed by atoms with van der Waals surface area (Å²) in [6.07, 6.45) is 4.88. The molecule has 7 heteroatoms. The van der Waals surface area contributed by atoms with E-state index in [0.717, 1.165) is 32.5 Å². The van der Waals surface area contributed by atoms with E-state index in [-0.39, 0.29) is 5.91 Å². The summed E-state index contributed by atoms with van der Waals surface area (Å²) in [6.45, 7) is 3.87. The van der Waals surface area contributed by atoms with Gasteiger partial charge in [0, 0.05) is 19.4 Å². The van der Waals surface area contributed by atoms with Crippen molar-refractivity contribution in [2.45, 2.75) is 32.5 Å². The Morgan fingerprint density at radius 3 is 2.77 bits per heavy atom. The van der Waals surface area contributed by atoms with Gasteiger partial charge in [-0.2, -0.15) is 4.68 Å². The molecule has 1 aromatic heterocycles. The average Bonchev–Trinajstić information content (AvgIpc) is 3.22. The SMILES string of the molecule is O=C1CCCN1Cc1nn(C[NH+]2CC=C(c3ccccc3)CC2)c(=S)o1. The lowest BCUT2D eigenvalue weighted by Gasteiger charge is -2.23. The molecular weight excluding hydrogens is 348 g/mol. The number of hydrogen-bond acceptors (Lipinski definition) is 4. The van der Waals surface area contributed by atoms with E-state index in [4.69, 9.17) is 16.6 Å². The van der Waals surface area contributed by atoms with Crippen LogP contribution in [0.3, 0.4) is 0 Å². The van der Waals surface area contributed by atoms with Gasteiger partial charge < -0.3 is 14.2 Å². The molecule has 1 amide bonds. The van der Waals surface area contributed by atoms with Crippen molar-refractivity contribution in [3.05, 3.63) is 52.7 Å². The van der Waals surface area contributed by atoms with E-state index in [1.807, 2.05) is 6.07 Å². The minimum atomic E-state index is 0.168. The van der Waals surface area contributed by atoms with Gasteiger partial charge in [-0.15, -0.1) is 5.10 Å². The number of rotatable bonds is 5. The number of carbonyl (C=O) groups is 1. The average molecular weight is 371 g/mol. The Morgan fingerprint density at radius 1 is 1.23 bits per heavy atom. The summed E-state index contributed by atoms with van der Waals surface area (Å²) in [6, 6.07) is 10.5. The zero-order valence-electron chi connectivity index (χ0n) is 14.7. The normalized spacial score (nSPS) is 20.5. The van der Waals surface area contributed by atoms with Gasteiger partial charge >= 0.3 is 0 Å². The van der Waals surface area contributed by atoms with E-state index in [0.29, 0.717) is 30.4 Å². The maximum atomic E-state index is 11.7. The predicted molar refractivity (Wildman–Crippen MR) is 99.7 cm³/mol. The van der Waals surface area contributed by atoms with Crippen LogP contribution in [0.5, 0.6) is 0 Å². The van der Waals surface area contributed by atoms with E-state index in [1.54, 1.807) is 9.58 Å². The Balaban J connectivity index is 1.38. The first-order chi connectivity index (χ1) is 12.7. The van der Waals surface area contributed by atoms with Crippen LogP contribution in [-0.2, 0) is 18.0 Å². The van der Waals surface area contributed by atoms with E-state index in [9.17, 15) is 4.79 Å². The highest BCUT2D eigenvalue weighted by atomic mass is 32.1. The number of quaternary nitrogens is 1. The van der Waals surface area contributed by atoms with Gasteiger partial charge in [-0.05, 0) is 35.9 Å². The van der Waals surface area contributed by atoms with Crippen LogP contribution in [0.2, 0.25) is 0 Å². The third-order valence-corrected chi connectivity index (χ3v) is 5.34. The molecule has 2 aliphatic rings. The quantitative estimate of drug-likeness (QED) is 0.812. The summed E-state index contributed by atoms with van der Waals surface area (Å²) in [5, 5.41) is 4.49. The van der Waals surface area contributed by atoms with E-state index >= 15 is 0 Å². The molecule has 0 saturated carbocycles. The summed E-state index contributed by atoms with van der Waals surface area (Å²) in [5.74, 6) is 0.697. The summed E-state index contributed by atoms with van der Waals surface area (Å²) >= 11 is 5.31. The van der Waals surface area contributed by atoms with Crippen LogP contribution in [0, 0.1) is 4.84 Å². The Labute approximate surface area is 157 Å². The zero-order chi connectivity index (χ0) is 17.9. The van der Waals surface area contributed by atoms with Crippen molar-refractivity contribution >= 4 is 23.7 Å². The second-order valence-corrected chi connectivity index (χ2v) is 7.24. The van der Waals surface area contributed by atoms with Gasteiger partial charge in [0.15, 0.2) is 6.67 Å². The van der Waals surface area contributed by atoms with Crippen LogP contribution in [0.4, 0.5) is 0 Å². The number of nitrogens with one attached hydrogen (secondary N) is 1. The standard InChI is InChI=1S/C19H22N4O2S/c24-18-7-4-10-22(18)13-17-20-23(19(26)25-17)14-21-11-8-16(9-12-21)15-5-2-1-3-6-15/h1-3,5-6,8H,4,7,9-14H2/p+1. The Bertz CT molecular complexity index is 871. The lowest BCUT2D eigenvalue weighted by molar-refractivity contribution is -0.918.